The maximum Gasteiger partial charge on any atom is 0.0452 e. The van der Waals surface area contributed by atoms with Gasteiger partial charge in [-0.15, -0.1) is 0 Å². The third-order valence-corrected chi connectivity index (χ3v) is 4.09. The lowest BCUT2D eigenvalue weighted by molar-refractivity contribution is 0.533. The van der Waals surface area contributed by atoms with Crippen molar-refractivity contribution in [3.63, 3.8) is 0 Å². The summed E-state index contributed by atoms with van der Waals surface area (Å²) in [5.74, 6) is 0.386. The van der Waals surface area contributed by atoms with Gasteiger partial charge in [0, 0.05) is 10.0 Å². The van der Waals surface area contributed by atoms with Crippen LogP contribution in [-0.4, -0.2) is 6.54 Å². The van der Waals surface area contributed by atoms with Gasteiger partial charge < -0.3 is 5.73 Å². The van der Waals surface area contributed by atoms with Crippen molar-refractivity contribution in [3.05, 3.63) is 69.2 Å². The Balaban J connectivity index is 2.07. The molecule has 2 N–H and O–H groups in total. The van der Waals surface area contributed by atoms with Gasteiger partial charge in [0.25, 0.3) is 0 Å². The molecule has 2 aromatic rings. The highest BCUT2D eigenvalue weighted by Gasteiger charge is 2.11. The van der Waals surface area contributed by atoms with Crippen LogP contribution in [0.3, 0.4) is 0 Å². The zero-order valence-corrected chi connectivity index (χ0v) is 13.1. The first-order valence-corrected chi connectivity index (χ1v) is 7.53. The Morgan fingerprint density at radius 3 is 2.30 bits per heavy atom. The molecule has 106 valence electrons. The molecule has 0 amide bonds. The molecule has 0 aliphatic rings. The van der Waals surface area contributed by atoms with Crippen molar-refractivity contribution < 1.29 is 0 Å². The van der Waals surface area contributed by atoms with Gasteiger partial charge in [0.1, 0.15) is 0 Å². The van der Waals surface area contributed by atoms with Crippen molar-refractivity contribution in [2.45, 2.75) is 19.8 Å². The molecule has 0 radical (unpaired) electrons. The zero-order valence-electron chi connectivity index (χ0n) is 11.6. The molecule has 0 aromatic heterocycles. The van der Waals surface area contributed by atoms with Gasteiger partial charge in [-0.3, -0.25) is 0 Å². The molecule has 2 rings (SSSR count). The van der Waals surface area contributed by atoms with Gasteiger partial charge >= 0.3 is 0 Å². The van der Waals surface area contributed by atoms with Crippen LogP contribution in [0.5, 0.6) is 0 Å². The highest BCUT2D eigenvalue weighted by molar-refractivity contribution is 6.35. The fraction of sp³-hybridized carbons (Fsp3) is 0.294. The van der Waals surface area contributed by atoms with Gasteiger partial charge in [-0.25, -0.2) is 0 Å². The van der Waals surface area contributed by atoms with Crippen LogP contribution in [0.25, 0.3) is 0 Å². The van der Waals surface area contributed by atoms with Crippen molar-refractivity contribution in [2.75, 3.05) is 6.54 Å². The molecule has 0 bridgehead atoms. The number of nitrogens with two attached hydrogens (primary N) is 1. The maximum atomic E-state index is 6.23. The number of halogens is 2. The molecule has 0 aliphatic heterocycles. The van der Waals surface area contributed by atoms with Crippen LogP contribution < -0.4 is 5.73 Å². The molecular formula is C17H19Cl2N. The molecule has 2 aromatic carbocycles. The van der Waals surface area contributed by atoms with Crippen molar-refractivity contribution in [1.29, 1.82) is 0 Å². The minimum Gasteiger partial charge on any atom is -0.330 e. The van der Waals surface area contributed by atoms with Gasteiger partial charge in [0.2, 0.25) is 0 Å². The van der Waals surface area contributed by atoms with Crippen LogP contribution in [0.15, 0.2) is 42.5 Å². The summed E-state index contributed by atoms with van der Waals surface area (Å²) < 4.78 is 0. The standard InChI is InChI=1S/C17H19Cl2N/c1-12-2-4-13(5-3-12)8-14(11-20)9-15-6-7-16(18)10-17(15)19/h2-7,10,14H,8-9,11,20H2,1H3. The molecule has 3 heteroatoms. The third-order valence-electron chi connectivity index (χ3n) is 3.50. The number of rotatable bonds is 5. The summed E-state index contributed by atoms with van der Waals surface area (Å²) in [6.07, 6.45) is 1.84. The lowest BCUT2D eigenvalue weighted by Gasteiger charge is -2.16. The van der Waals surface area contributed by atoms with Crippen LogP contribution in [0.4, 0.5) is 0 Å². The second-order valence-corrected chi connectivity index (χ2v) is 6.07. The first-order chi connectivity index (χ1) is 9.58. The smallest absolute Gasteiger partial charge is 0.0452 e. The van der Waals surface area contributed by atoms with Crippen LogP contribution >= 0.6 is 23.2 Å². The topological polar surface area (TPSA) is 26.0 Å². The summed E-state index contributed by atoms with van der Waals surface area (Å²) in [5, 5.41) is 1.39. The molecule has 1 atom stereocenters. The molecule has 20 heavy (non-hydrogen) atoms. The summed E-state index contributed by atoms with van der Waals surface area (Å²) in [5.41, 5.74) is 9.61. The normalized spacial score (nSPS) is 12.4. The van der Waals surface area contributed by atoms with Gasteiger partial charge in [-0.05, 0) is 55.5 Å². The number of hydrogen-bond donors (Lipinski definition) is 1. The van der Waals surface area contributed by atoms with Crippen molar-refractivity contribution in [1.82, 2.24) is 0 Å². The summed E-state index contributed by atoms with van der Waals surface area (Å²) in [6, 6.07) is 14.3. The van der Waals surface area contributed by atoms with E-state index in [2.05, 4.69) is 31.2 Å². The van der Waals surface area contributed by atoms with E-state index in [1.54, 1.807) is 6.07 Å². The molecule has 0 saturated heterocycles. The van der Waals surface area contributed by atoms with E-state index in [0.717, 1.165) is 23.4 Å². The maximum absolute atomic E-state index is 6.23. The van der Waals surface area contributed by atoms with Crippen molar-refractivity contribution in [2.24, 2.45) is 11.7 Å². The summed E-state index contributed by atoms with van der Waals surface area (Å²) >= 11 is 12.2. The molecule has 0 fully saturated rings. The number of aryl methyl sites for hydroxylation is 1. The van der Waals surface area contributed by atoms with E-state index in [4.69, 9.17) is 28.9 Å². The second-order valence-electron chi connectivity index (χ2n) is 5.23. The number of hydrogen-bond acceptors (Lipinski definition) is 1. The Morgan fingerprint density at radius 1 is 1.00 bits per heavy atom. The molecule has 0 heterocycles. The Morgan fingerprint density at radius 2 is 1.70 bits per heavy atom. The number of benzene rings is 2. The van der Waals surface area contributed by atoms with E-state index >= 15 is 0 Å². The first-order valence-electron chi connectivity index (χ1n) is 6.78. The summed E-state index contributed by atoms with van der Waals surface area (Å²) in [4.78, 5) is 0. The minimum atomic E-state index is 0.386. The van der Waals surface area contributed by atoms with E-state index in [1.165, 1.54) is 11.1 Å². The minimum absolute atomic E-state index is 0.386. The van der Waals surface area contributed by atoms with E-state index in [1.807, 2.05) is 12.1 Å². The van der Waals surface area contributed by atoms with Crippen LogP contribution in [0, 0.1) is 12.8 Å². The lowest BCUT2D eigenvalue weighted by atomic mass is 9.92. The Labute approximate surface area is 130 Å². The third kappa shape index (κ3) is 4.24. The van der Waals surface area contributed by atoms with Crippen molar-refractivity contribution >= 4 is 23.2 Å². The van der Waals surface area contributed by atoms with Gasteiger partial charge in [-0.1, -0.05) is 59.1 Å². The van der Waals surface area contributed by atoms with Gasteiger partial charge in [0.05, 0.1) is 0 Å². The Hall–Kier alpha value is -1.02. The fourth-order valence-electron chi connectivity index (χ4n) is 2.29. The highest BCUT2D eigenvalue weighted by Crippen LogP contribution is 2.24. The quantitative estimate of drug-likeness (QED) is 0.854. The highest BCUT2D eigenvalue weighted by atomic mass is 35.5. The van der Waals surface area contributed by atoms with E-state index < -0.39 is 0 Å². The Kier molecular flexibility index (Phi) is 5.47. The van der Waals surface area contributed by atoms with Gasteiger partial charge in [-0.2, -0.15) is 0 Å². The van der Waals surface area contributed by atoms with Crippen LogP contribution in [0.1, 0.15) is 16.7 Å². The fourth-order valence-corrected chi connectivity index (χ4v) is 2.78. The predicted octanol–water partition coefficient (Wildman–Crippen LogP) is 4.66. The van der Waals surface area contributed by atoms with Crippen LogP contribution in [0.2, 0.25) is 10.0 Å². The van der Waals surface area contributed by atoms with E-state index in [9.17, 15) is 0 Å². The monoisotopic (exact) mass is 307 g/mol. The average Bonchev–Trinajstić information content (AvgIpc) is 2.43. The van der Waals surface area contributed by atoms with Crippen LogP contribution in [-0.2, 0) is 12.8 Å². The first kappa shape index (κ1) is 15.4. The molecular weight excluding hydrogens is 289 g/mol. The lowest BCUT2D eigenvalue weighted by Crippen LogP contribution is -2.19. The molecule has 0 spiro atoms. The van der Waals surface area contributed by atoms with Crippen molar-refractivity contribution in [3.8, 4) is 0 Å². The molecule has 1 unspecified atom stereocenters. The summed E-state index contributed by atoms with van der Waals surface area (Å²) in [6.45, 7) is 2.74. The van der Waals surface area contributed by atoms with E-state index in [-0.39, 0.29) is 0 Å². The molecule has 0 saturated carbocycles. The largest absolute Gasteiger partial charge is 0.330 e. The summed E-state index contributed by atoms with van der Waals surface area (Å²) in [7, 11) is 0. The SMILES string of the molecule is Cc1ccc(CC(CN)Cc2ccc(Cl)cc2Cl)cc1. The van der Waals surface area contributed by atoms with E-state index in [0.29, 0.717) is 17.5 Å². The van der Waals surface area contributed by atoms with Gasteiger partial charge in [0.15, 0.2) is 0 Å². The zero-order chi connectivity index (χ0) is 14.5. The molecule has 1 nitrogen and oxygen atoms in total. The second kappa shape index (κ2) is 7.12. The average molecular weight is 308 g/mol. The molecule has 0 aliphatic carbocycles. The Bertz CT molecular complexity index is 564. The predicted molar refractivity (Wildman–Crippen MR) is 87.6 cm³/mol.